The van der Waals surface area contributed by atoms with Crippen LogP contribution in [0.4, 0.5) is 5.69 Å². The van der Waals surface area contributed by atoms with Gasteiger partial charge in [0, 0.05) is 18.0 Å². The first-order chi connectivity index (χ1) is 15.8. The highest BCUT2D eigenvalue weighted by molar-refractivity contribution is 6.12. The average Bonchev–Trinajstić information content (AvgIpc) is 3.32. The zero-order valence-corrected chi connectivity index (χ0v) is 19.8. The number of hydrogen-bond acceptors (Lipinski definition) is 5. The van der Waals surface area contributed by atoms with Crippen LogP contribution >= 0.6 is 0 Å². The summed E-state index contributed by atoms with van der Waals surface area (Å²) in [4.78, 5) is 24.8. The number of anilines is 1. The van der Waals surface area contributed by atoms with E-state index in [-0.39, 0.29) is 5.91 Å². The minimum atomic E-state index is -0.657. The van der Waals surface area contributed by atoms with Crippen LogP contribution in [0.15, 0.2) is 30.7 Å². The van der Waals surface area contributed by atoms with Gasteiger partial charge >= 0.3 is 0 Å². The third-order valence-corrected chi connectivity index (χ3v) is 5.93. The van der Waals surface area contributed by atoms with Crippen molar-refractivity contribution in [3.63, 3.8) is 0 Å². The number of pyridine rings is 2. The van der Waals surface area contributed by atoms with E-state index < -0.39 is 5.54 Å². The van der Waals surface area contributed by atoms with Crippen molar-refractivity contribution in [3.05, 3.63) is 53.2 Å². The maximum Gasteiger partial charge on any atom is 0.261 e. The Kier molecular flexibility index (Phi) is 5.94. The number of fused-ring (bicyclic) bond motifs is 1. The van der Waals surface area contributed by atoms with Crippen LogP contribution in [0.5, 0.6) is 5.75 Å². The van der Waals surface area contributed by atoms with E-state index in [1.54, 1.807) is 22.0 Å². The van der Waals surface area contributed by atoms with Gasteiger partial charge in [-0.05, 0) is 51.3 Å². The second-order valence-corrected chi connectivity index (χ2v) is 8.72. The van der Waals surface area contributed by atoms with Crippen LogP contribution in [-0.2, 0) is 18.5 Å². The number of ether oxygens (including phenoxy) is 1. The van der Waals surface area contributed by atoms with E-state index in [0.717, 1.165) is 46.8 Å². The second kappa shape index (κ2) is 8.70. The first kappa shape index (κ1) is 22.5. The second-order valence-electron chi connectivity index (χ2n) is 8.72. The van der Waals surface area contributed by atoms with Crippen LogP contribution in [-0.4, -0.2) is 32.3 Å². The van der Waals surface area contributed by atoms with Gasteiger partial charge in [0.05, 0.1) is 46.7 Å². The molecular formula is C26H29N5O2. The molecular weight excluding hydrogens is 414 g/mol. The van der Waals surface area contributed by atoms with Crippen molar-refractivity contribution < 1.29 is 9.53 Å². The van der Waals surface area contributed by atoms with E-state index in [4.69, 9.17) is 16.1 Å². The van der Waals surface area contributed by atoms with Gasteiger partial charge in [0.1, 0.15) is 12.3 Å². The molecule has 0 bridgehead atoms. The van der Waals surface area contributed by atoms with Crippen LogP contribution in [0.3, 0.4) is 0 Å². The SMILES string of the molecule is C#CCn1cc(N2C(=O)c3c(C)cc(-c4cnc(CC)c(OCCC)c4)nc3C2(C)C)cn1. The van der Waals surface area contributed by atoms with E-state index in [2.05, 4.69) is 29.9 Å². The van der Waals surface area contributed by atoms with Crippen molar-refractivity contribution in [2.45, 2.75) is 59.5 Å². The van der Waals surface area contributed by atoms with Gasteiger partial charge in [-0.15, -0.1) is 6.42 Å². The monoisotopic (exact) mass is 443 g/mol. The number of rotatable bonds is 7. The average molecular weight is 444 g/mol. The number of nitrogens with zero attached hydrogens (tertiary/aromatic N) is 5. The summed E-state index contributed by atoms with van der Waals surface area (Å²) in [5.41, 5.74) is 4.86. The summed E-state index contributed by atoms with van der Waals surface area (Å²) in [6.07, 6.45) is 12.4. The summed E-state index contributed by atoms with van der Waals surface area (Å²) < 4.78 is 7.59. The Labute approximate surface area is 194 Å². The summed E-state index contributed by atoms with van der Waals surface area (Å²) in [7, 11) is 0. The number of terminal acetylenes is 1. The highest BCUT2D eigenvalue weighted by Crippen LogP contribution is 2.43. The minimum Gasteiger partial charge on any atom is -0.492 e. The number of carbonyl (C=O) groups is 1. The quantitative estimate of drug-likeness (QED) is 0.502. The van der Waals surface area contributed by atoms with Gasteiger partial charge in [-0.25, -0.2) is 4.98 Å². The van der Waals surface area contributed by atoms with Gasteiger partial charge in [-0.3, -0.25) is 19.4 Å². The molecule has 0 unspecified atom stereocenters. The maximum atomic E-state index is 13.5. The van der Waals surface area contributed by atoms with Gasteiger partial charge in [-0.2, -0.15) is 5.10 Å². The van der Waals surface area contributed by atoms with E-state index in [0.29, 0.717) is 24.4 Å². The number of amides is 1. The minimum absolute atomic E-state index is 0.0850. The highest BCUT2D eigenvalue weighted by atomic mass is 16.5. The third-order valence-electron chi connectivity index (χ3n) is 5.93. The van der Waals surface area contributed by atoms with E-state index in [9.17, 15) is 4.79 Å². The predicted molar refractivity (Wildman–Crippen MR) is 128 cm³/mol. The molecule has 0 N–H and O–H groups in total. The lowest BCUT2D eigenvalue weighted by molar-refractivity contribution is 0.0981. The van der Waals surface area contributed by atoms with E-state index in [1.165, 1.54) is 0 Å². The zero-order chi connectivity index (χ0) is 23.8. The standard InChI is InChI=1S/C26H29N5O2/c1-7-10-30-16-19(15-28-30)31-25(32)23-17(4)12-21(29-24(23)26(31,5)6)18-13-22(33-11-8-2)20(9-3)27-14-18/h1,12-16H,8-11H2,2-6H3. The largest absolute Gasteiger partial charge is 0.492 e. The van der Waals surface area contributed by atoms with Gasteiger partial charge < -0.3 is 4.74 Å². The Morgan fingerprint density at radius 3 is 2.70 bits per heavy atom. The molecule has 0 aliphatic carbocycles. The molecule has 0 radical (unpaired) electrons. The molecule has 7 nitrogen and oxygen atoms in total. The Hall–Kier alpha value is -3.66. The maximum absolute atomic E-state index is 13.5. The number of aromatic nitrogens is 4. The molecule has 1 aliphatic heterocycles. The van der Waals surface area contributed by atoms with E-state index >= 15 is 0 Å². The van der Waals surface area contributed by atoms with E-state index in [1.807, 2.05) is 39.1 Å². The fraction of sp³-hybridized carbons (Fsp3) is 0.385. The zero-order valence-electron chi connectivity index (χ0n) is 19.8. The lowest BCUT2D eigenvalue weighted by atomic mass is 9.96. The molecule has 3 aromatic heterocycles. The van der Waals surface area contributed by atoms with Crippen LogP contribution in [0.1, 0.15) is 61.4 Å². The summed E-state index contributed by atoms with van der Waals surface area (Å²) in [6, 6.07) is 3.95. The molecule has 3 aromatic rings. The number of aryl methyl sites for hydroxylation is 2. The molecule has 0 aromatic carbocycles. The van der Waals surface area contributed by atoms with Crippen LogP contribution in [0.25, 0.3) is 11.3 Å². The summed E-state index contributed by atoms with van der Waals surface area (Å²) in [5, 5.41) is 4.29. The Morgan fingerprint density at radius 1 is 1.21 bits per heavy atom. The van der Waals surface area contributed by atoms with Crippen LogP contribution < -0.4 is 9.64 Å². The topological polar surface area (TPSA) is 73.1 Å². The molecule has 7 heteroatoms. The van der Waals surface area contributed by atoms with Crippen LogP contribution in [0.2, 0.25) is 0 Å². The molecule has 0 fully saturated rings. The summed E-state index contributed by atoms with van der Waals surface area (Å²) in [6.45, 7) is 11.1. The van der Waals surface area contributed by atoms with Crippen molar-refractivity contribution in [2.24, 2.45) is 0 Å². The molecule has 0 atom stereocenters. The molecule has 1 amide bonds. The Bertz CT molecular complexity index is 1250. The van der Waals surface area contributed by atoms with Gasteiger partial charge in [0.2, 0.25) is 0 Å². The predicted octanol–water partition coefficient (Wildman–Crippen LogP) is 4.53. The smallest absolute Gasteiger partial charge is 0.261 e. The van der Waals surface area contributed by atoms with Gasteiger partial charge in [-0.1, -0.05) is 19.8 Å². The lowest BCUT2D eigenvalue weighted by Gasteiger charge is -2.30. The fourth-order valence-electron chi connectivity index (χ4n) is 4.31. The third kappa shape index (κ3) is 3.86. The number of carbonyl (C=O) groups excluding carboxylic acids is 1. The van der Waals surface area contributed by atoms with Gasteiger partial charge in [0.15, 0.2) is 0 Å². The fourth-order valence-corrected chi connectivity index (χ4v) is 4.31. The molecule has 0 saturated carbocycles. The first-order valence-corrected chi connectivity index (χ1v) is 11.3. The number of hydrogen-bond donors (Lipinski definition) is 0. The highest BCUT2D eigenvalue weighted by Gasteiger charge is 2.47. The molecule has 170 valence electrons. The van der Waals surface area contributed by atoms with Crippen molar-refractivity contribution in [1.29, 1.82) is 0 Å². The molecule has 4 rings (SSSR count). The van der Waals surface area contributed by atoms with Crippen molar-refractivity contribution >= 4 is 11.6 Å². The summed E-state index contributed by atoms with van der Waals surface area (Å²) >= 11 is 0. The molecule has 33 heavy (non-hydrogen) atoms. The summed E-state index contributed by atoms with van der Waals surface area (Å²) in [5.74, 6) is 3.27. The van der Waals surface area contributed by atoms with Crippen molar-refractivity contribution in [3.8, 4) is 29.4 Å². The van der Waals surface area contributed by atoms with Gasteiger partial charge in [0.25, 0.3) is 5.91 Å². The Morgan fingerprint density at radius 2 is 2.00 bits per heavy atom. The van der Waals surface area contributed by atoms with Crippen molar-refractivity contribution in [1.82, 2.24) is 19.7 Å². The van der Waals surface area contributed by atoms with Crippen LogP contribution in [0, 0.1) is 19.3 Å². The molecule has 1 aliphatic rings. The molecule has 4 heterocycles. The molecule has 0 spiro atoms. The first-order valence-electron chi connectivity index (χ1n) is 11.3. The Balaban J connectivity index is 1.78. The molecule has 0 saturated heterocycles. The van der Waals surface area contributed by atoms with Crippen molar-refractivity contribution in [2.75, 3.05) is 11.5 Å². The normalized spacial score (nSPS) is 14.3. The lowest BCUT2D eigenvalue weighted by Crippen LogP contribution is -2.39.